The predicted molar refractivity (Wildman–Crippen MR) is 66.6 cm³/mol. The lowest BCUT2D eigenvalue weighted by Gasteiger charge is -2.23. The molecule has 1 atom stereocenters. The van der Waals surface area contributed by atoms with Gasteiger partial charge in [0.2, 0.25) is 0 Å². The summed E-state index contributed by atoms with van der Waals surface area (Å²) in [5, 5.41) is 18.2. The maximum atomic E-state index is 11.9. The van der Waals surface area contributed by atoms with Gasteiger partial charge in [-0.25, -0.2) is 9.69 Å². The molecule has 2 aromatic rings. The van der Waals surface area contributed by atoms with E-state index >= 15 is 0 Å². The fraction of sp³-hybridized carbons (Fsp3) is 0.182. The first-order chi connectivity index (χ1) is 8.75. The van der Waals surface area contributed by atoms with Crippen molar-refractivity contribution in [3.8, 4) is 5.75 Å². The lowest BCUT2D eigenvalue weighted by atomic mass is 10.2. The minimum Gasteiger partial charge on any atom is -0.508 e. The van der Waals surface area contributed by atoms with Gasteiger partial charge in [0.15, 0.2) is 0 Å². The zero-order valence-electron chi connectivity index (χ0n) is 9.30. The molecule has 1 fully saturated rings. The topological polar surface area (TPSA) is 71.2 Å². The predicted octanol–water partition coefficient (Wildman–Crippen LogP) is 0.894. The lowest BCUT2D eigenvalue weighted by Crippen LogP contribution is -2.37. The quantitative estimate of drug-likeness (QED) is 0.870. The van der Waals surface area contributed by atoms with E-state index < -0.39 is 0 Å². The molecule has 1 aliphatic rings. The van der Waals surface area contributed by atoms with Crippen LogP contribution in [0.5, 0.6) is 5.75 Å². The van der Waals surface area contributed by atoms with Gasteiger partial charge in [-0.05, 0) is 17.7 Å². The molecule has 1 amide bonds. The Bertz CT molecular complexity index is 555. The first kappa shape index (κ1) is 11.1. The molecule has 1 N–H and O–H groups in total. The molecule has 0 saturated carbocycles. The molecule has 3 rings (SSSR count). The van der Waals surface area contributed by atoms with E-state index in [4.69, 9.17) is 0 Å². The van der Waals surface area contributed by atoms with Crippen LogP contribution >= 0.6 is 11.8 Å². The van der Waals surface area contributed by atoms with Crippen LogP contribution in [0.3, 0.4) is 0 Å². The highest BCUT2D eigenvalue weighted by Gasteiger charge is 2.34. The monoisotopic (exact) mass is 262 g/mol. The third-order valence-corrected chi connectivity index (χ3v) is 3.88. The summed E-state index contributed by atoms with van der Waals surface area (Å²) in [4.78, 5) is 11.9. The number of hydrogen-bond acceptors (Lipinski definition) is 5. The molecule has 1 saturated heterocycles. The second-order valence-corrected chi connectivity index (χ2v) is 4.90. The zero-order valence-corrected chi connectivity index (χ0v) is 10.1. The highest BCUT2D eigenvalue weighted by atomic mass is 32.2. The number of thioether (sulfide) groups is 1. The van der Waals surface area contributed by atoms with Gasteiger partial charge in [-0.2, -0.15) is 0 Å². The molecule has 1 aromatic carbocycles. The van der Waals surface area contributed by atoms with Crippen LogP contribution in [0.25, 0.3) is 0 Å². The molecule has 0 spiro atoms. The second kappa shape index (κ2) is 4.34. The van der Waals surface area contributed by atoms with Crippen LogP contribution in [0.2, 0.25) is 0 Å². The number of phenolic OH excluding ortho intramolecular Hbond substituents is 1. The van der Waals surface area contributed by atoms with Crippen molar-refractivity contribution in [1.82, 2.24) is 14.9 Å². The molecule has 7 heteroatoms. The summed E-state index contributed by atoms with van der Waals surface area (Å²) in [5.74, 6) is 0.644. The van der Waals surface area contributed by atoms with Gasteiger partial charge >= 0.3 is 0 Å². The van der Waals surface area contributed by atoms with E-state index in [1.165, 1.54) is 24.4 Å². The summed E-state index contributed by atoms with van der Waals surface area (Å²) >= 11 is 1.53. The molecule has 1 aromatic heterocycles. The average molecular weight is 262 g/mol. The Labute approximate surface area is 107 Å². The van der Waals surface area contributed by atoms with E-state index in [-0.39, 0.29) is 17.0 Å². The molecule has 6 nitrogen and oxygen atoms in total. The summed E-state index contributed by atoms with van der Waals surface area (Å²) in [6.45, 7) is 0. The van der Waals surface area contributed by atoms with Crippen molar-refractivity contribution < 1.29 is 9.90 Å². The summed E-state index contributed by atoms with van der Waals surface area (Å²) in [6.07, 6.45) is 2.99. The fourth-order valence-corrected chi connectivity index (χ4v) is 3.00. The number of amides is 1. The van der Waals surface area contributed by atoms with Gasteiger partial charge in [0.1, 0.15) is 23.8 Å². The normalized spacial score (nSPS) is 19.4. The van der Waals surface area contributed by atoms with Crippen LogP contribution in [0.15, 0.2) is 36.9 Å². The smallest absolute Gasteiger partial charge is 0.252 e. The van der Waals surface area contributed by atoms with Gasteiger partial charge in [-0.1, -0.05) is 12.1 Å². The number of rotatable bonds is 2. The third-order valence-electron chi connectivity index (χ3n) is 2.68. The highest BCUT2D eigenvalue weighted by Crippen LogP contribution is 2.37. The molecule has 18 heavy (non-hydrogen) atoms. The van der Waals surface area contributed by atoms with E-state index in [9.17, 15) is 9.90 Å². The van der Waals surface area contributed by atoms with Crippen LogP contribution in [-0.2, 0) is 4.79 Å². The van der Waals surface area contributed by atoms with Crippen molar-refractivity contribution in [3.05, 3.63) is 42.5 Å². The second-order valence-electron chi connectivity index (χ2n) is 3.84. The molecule has 0 radical (unpaired) electrons. The van der Waals surface area contributed by atoms with Crippen molar-refractivity contribution in [2.75, 3.05) is 10.8 Å². The molecule has 92 valence electrons. The number of hydrogen-bond donors (Lipinski definition) is 1. The van der Waals surface area contributed by atoms with Gasteiger partial charge in [0, 0.05) is 0 Å². The molecule has 0 aliphatic carbocycles. The Morgan fingerprint density at radius 3 is 2.56 bits per heavy atom. The number of nitrogens with zero attached hydrogens (tertiary/aromatic N) is 4. The summed E-state index contributed by atoms with van der Waals surface area (Å²) < 4.78 is 1.58. The van der Waals surface area contributed by atoms with Gasteiger partial charge < -0.3 is 5.11 Å². The number of carbonyl (C=O) groups is 1. The molecule has 2 heterocycles. The molecule has 1 unspecified atom stereocenters. The number of carbonyl (C=O) groups excluding carboxylic acids is 1. The molecular formula is C11H10N4O2S. The van der Waals surface area contributed by atoms with Crippen molar-refractivity contribution in [3.63, 3.8) is 0 Å². The standard InChI is InChI=1S/C11H10N4O2S/c16-9-3-1-8(2-4-9)11-15(10(17)5-18-11)14-6-12-13-7-14/h1-4,6-7,11,16H,5H2. The number of aromatic nitrogens is 3. The van der Waals surface area contributed by atoms with Crippen LogP contribution in [0, 0.1) is 0 Å². The first-order valence-electron chi connectivity index (χ1n) is 5.33. The van der Waals surface area contributed by atoms with Crippen molar-refractivity contribution in [2.24, 2.45) is 0 Å². The summed E-state index contributed by atoms with van der Waals surface area (Å²) in [5.41, 5.74) is 0.956. The van der Waals surface area contributed by atoms with Gasteiger partial charge in [0.25, 0.3) is 5.91 Å². The zero-order chi connectivity index (χ0) is 12.5. The molecular weight excluding hydrogens is 252 g/mol. The number of phenols is 1. The molecule has 1 aliphatic heterocycles. The Balaban J connectivity index is 1.96. The van der Waals surface area contributed by atoms with Gasteiger partial charge in [-0.3, -0.25) is 4.79 Å². The lowest BCUT2D eigenvalue weighted by molar-refractivity contribution is -0.117. The summed E-state index contributed by atoms with van der Waals surface area (Å²) in [6, 6.07) is 6.85. The van der Waals surface area contributed by atoms with Crippen LogP contribution < -0.4 is 5.01 Å². The largest absolute Gasteiger partial charge is 0.508 e. The average Bonchev–Trinajstić information content (AvgIpc) is 2.99. The molecule has 0 bridgehead atoms. The van der Waals surface area contributed by atoms with E-state index in [1.54, 1.807) is 21.8 Å². The maximum absolute atomic E-state index is 11.9. The van der Waals surface area contributed by atoms with Crippen LogP contribution in [-0.4, -0.2) is 31.6 Å². The fourth-order valence-electron chi connectivity index (χ4n) is 1.85. The summed E-state index contributed by atoms with van der Waals surface area (Å²) in [7, 11) is 0. The van der Waals surface area contributed by atoms with Crippen LogP contribution in [0.1, 0.15) is 10.9 Å². The van der Waals surface area contributed by atoms with E-state index in [0.29, 0.717) is 5.75 Å². The third kappa shape index (κ3) is 1.82. The number of aromatic hydroxyl groups is 1. The SMILES string of the molecule is O=C1CSC(c2ccc(O)cc2)N1n1cnnc1. The minimum absolute atomic E-state index is 0.0119. The van der Waals surface area contributed by atoms with E-state index in [0.717, 1.165) is 5.56 Å². The Morgan fingerprint density at radius 1 is 1.22 bits per heavy atom. The van der Waals surface area contributed by atoms with E-state index in [1.807, 2.05) is 12.1 Å². The Morgan fingerprint density at radius 2 is 1.89 bits per heavy atom. The maximum Gasteiger partial charge on any atom is 0.252 e. The number of benzene rings is 1. The van der Waals surface area contributed by atoms with Crippen LogP contribution in [0.4, 0.5) is 0 Å². The van der Waals surface area contributed by atoms with Crippen molar-refractivity contribution in [1.29, 1.82) is 0 Å². The van der Waals surface area contributed by atoms with Gasteiger partial charge in [0.05, 0.1) is 5.75 Å². The Hall–Kier alpha value is -2.02. The minimum atomic E-state index is -0.117. The Kier molecular flexibility index (Phi) is 2.67. The first-order valence-corrected chi connectivity index (χ1v) is 6.38. The van der Waals surface area contributed by atoms with Crippen molar-refractivity contribution in [2.45, 2.75) is 5.37 Å². The highest BCUT2D eigenvalue weighted by molar-refractivity contribution is 8.00. The van der Waals surface area contributed by atoms with Gasteiger partial charge in [-0.15, -0.1) is 22.0 Å². The van der Waals surface area contributed by atoms with Crippen molar-refractivity contribution >= 4 is 17.7 Å². The van der Waals surface area contributed by atoms with E-state index in [2.05, 4.69) is 10.2 Å².